The van der Waals surface area contributed by atoms with Crippen molar-refractivity contribution < 1.29 is 8.78 Å². The number of aromatic nitrogens is 3. The van der Waals surface area contributed by atoms with Crippen LogP contribution in [0.2, 0.25) is 0 Å². The third-order valence-electron chi connectivity index (χ3n) is 3.64. The van der Waals surface area contributed by atoms with Crippen molar-refractivity contribution >= 4 is 0 Å². The van der Waals surface area contributed by atoms with E-state index < -0.39 is 11.3 Å². The first-order valence-corrected chi connectivity index (χ1v) is 6.11. The monoisotopic (exact) mass is 264 g/mol. The molecule has 4 nitrogen and oxygen atoms in total. The summed E-state index contributed by atoms with van der Waals surface area (Å²) in [5.41, 5.74) is 6.33. The third-order valence-corrected chi connectivity index (χ3v) is 3.64. The van der Waals surface area contributed by atoms with E-state index in [9.17, 15) is 8.78 Å². The van der Waals surface area contributed by atoms with Crippen LogP contribution in [0.1, 0.15) is 18.5 Å². The van der Waals surface area contributed by atoms with Crippen molar-refractivity contribution in [2.45, 2.75) is 24.2 Å². The molecule has 0 spiro atoms. The van der Waals surface area contributed by atoms with Crippen LogP contribution in [-0.2, 0) is 5.41 Å². The molecule has 0 bridgehead atoms. The van der Waals surface area contributed by atoms with E-state index in [2.05, 4.69) is 10.3 Å². The zero-order valence-electron chi connectivity index (χ0n) is 10.3. The molecule has 0 unspecified atom stereocenters. The predicted octanol–water partition coefficient (Wildman–Crippen LogP) is 1.89. The average molecular weight is 264 g/mol. The first-order valence-electron chi connectivity index (χ1n) is 6.11. The Balaban J connectivity index is 1.90. The molecule has 0 amide bonds. The Bertz CT molecular complexity index is 571. The van der Waals surface area contributed by atoms with E-state index >= 15 is 0 Å². The van der Waals surface area contributed by atoms with E-state index in [0.717, 1.165) is 5.69 Å². The molecule has 1 aromatic carbocycles. The molecule has 0 saturated heterocycles. The SMILES string of the molecule is NCC1(c2cn(-c3ccccc3)nn2)CC(F)(F)C1. The molecule has 100 valence electrons. The van der Waals surface area contributed by atoms with E-state index in [-0.39, 0.29) is 19.4 Å². The molecule has 0 aliphatic heterocycles. The quantitative estimate of drug-likeness (QED) is 0.921. The van der Waals surface area contributed by atoms with Gasteiger partial charge in [0.2, 0.25) is 5.92 Å². The average Bonchev–Trinajstić information content (AvgIpc) is 2.86. The molecule has 1 heterocycles. The summed E-state index contributed by atoms with van der Waals surface area (Å²) in [5, 5.41) is 8.02. The van der Waals surface area contributed by atoms with Crippen molar-refractivity contribution in [1.29, 1.82) is 0 Å². The van der Waals surface area contributed by atoms with Gasteiger partial charge in [-0.05, 0) is 12.1 Å². The van der Waals surface area contributed by atoms with Gasteiger partial charge in [-0.25, -0.2) is 13.5 Å². The number of benzene rings is 1. The molecule has 2 N–H and O–H groups in total. The number of hydrogen-bond donors (Lipinski definition) is 1. The minimum atomic E-state index is -2.63. The molecule has 2 aromatic rings. The van der Waals surface area contributed by atoms with Crippen LogP contribution in [0.4, 0.5) is 8.78 Å². The Morgan fingerprint density at radius 3 is 2.47 bits per heavy atom. The van der Waals surface area contributed by atoms with Crippen LogP contribution < -0.4 is 5.73 Å². The van der Waals surface area contributed by atoms with E-state index in [4.69, 9.17) is 5.73 Å². The van der Waals surface area contributed by atoms with Crippen LogP contribution in [0.15, 0.2) is 36.5 Å². The second-order valence-corrected chi connectivity index (χ2v) is 5.08. The number of nitrogens with zero attached hydrogens (tertiary/aromatic N) is 3. The lowest BCUT2D eigenvalue weighted by atomic mass is 9.64. The van der Waals surface area contributed by atoms with Gasteiger partial charge in [0.15, 0.2) is 0 Å². The van der Waals surface area contributed by atoms with Crippen LogP contribution in [-0.4, -0.2) is 27.5 Å². The first-order chi connectivity index (χ1) is 9.05. The van der Waals surface area contributed by atoms with Crippen molar-refractivity contribution in [2.75, 3.05) is 6.54 Å². The zero-order valence-corrected chi connectivity index (χ0v) is 10.3. The highest BCUT2D eigenvalue weighted by Crippen LogP contribution is 2.52. The van der Waals surface area contributed by atoms with Crippen LogP contribution in [0.5, 0.6) is 0 Å². The summed E-state index contributed by atoms with van der Waals surface area (Å²) in [7, 11) is 0. The summed E-state index contributed by atoms with van der Waals surface area (Å²) in [6, 6.07) is 9.42. The summed E-state index contributed by atoms with van der Waals surface area (Å²) in [4.78, 5) is 0. The Hall–Kier alpha value is -1.82. The van der Waals surface area contributed by atoms with Gasteiger partial charge in [-0.15, -0.1) is 5.10 Å². The van der Waals surface area contributed by atoms with Crippen molar-refractivity contribution in [3.8, 4) is 5.69 Å². The standard InChI is InChI=1S/C13H14F2N4/c14-13(15)7-12(8-13,9-16)11-6-19(18-17-11)10-4-2-1-3-5-10/h1-6H,7-9,16H2. The lowest BCUT2D eigenvalue weighted by molar-refractivity contribution is -0.125. The highest BCUT2D eigenvalue weighted by molar-refractivity contribution is 5.32. The summed E-state index contributed by atoms with van der Waals surface area (Å²) in [5.74, 6) is -2.63. The molecule has 6 heteroatoms. The Morgan fingerprint density at radius 2 is 1.89 bits per heavy atom. The van der Waals surface area contributed by atoms with Crippen LogP contribution in [0.3, 0.4) is 0 Å². The smallest absolute Gasteiger partial charge is 0.250 e. The predicted molar refractivity (Wildman–Crippen MR) is 66.3 cm³/mol. The number of rotatable bonds is 3. The molecule has 19 heavy (non-hydrogen) atoms. The van der Waals surface area contributed by atoms with Gasteiger partial charge in [0.1, 0.15) is 0 Å². The molecule has 1 fully saturated rings. The van der Waals surface area contributed by atoms with Gasteiger partial charge in [0, 0.05) is 24.8 Å². The number of para-hydroxylation sites is 1. The highest BCUT2D eigenvalue weighted by atomic mass is 19.3. The zero-order chi connectivity index (χ0) is 13.5. The molecule has 1 aromatic heterocycles. The van der Waals surface area contributed by atoms with Crippen LogP contribution in [0, 0.1) is 0 Å². The number of nitrogens with two attached hydrogens (primary N) is 1. The third kappa shape index (κ3) is 2.02. The van der Waals surface area contributed by atoms with Gasteiger partial charge in [-0.3, -0.25) is 0 Å². The molecule has 0 radical (unpaired) electrons. The van der Waals surface area contributed by atoms with Gasteiger partial charge >= 0.3 is 0 Å². The second-order valence-electron chi connectivity index (χ2n) is 5.08. The number of halogens is 2. The fourth-order valence-corrected chi connectivity index (χ4v) is 2.58. The number of alkyl halides is 2. The minimum absolute atomic E-state index is 0.163. The summed E-state index contributed by atoms with van der Waals surface area (Å²) in [6.07, 6.45) is 1.20. The fraction of sp³-hybridized carbons (Fsp3) is 0.385. The van der Waals surface area contributed by atoms with E-state index in [1.165, 1.54) is 0 Å². The first kappa shape index (κ1) is 12.2. The molecular formula is C13H14F2N4. The maximum atomic E-state index is 13.1. The van der Waals surface area contributed by atoms with Crippen molar-refractivity contribution in [2.24, 2.45) is 5.73 Å². The maximum absolute atomic E-state index is 13.1. The largest absolute Gasteiger partial charge is 0.330 e. The normalized spacial score (nSPS) is 19.9. The topological polar surface area (TPSA) is 56.7 Å². The molecule has 3 rings (SSSR count). The summed E-state index contributed by atoms with van der Waals surface area (Å²) in [6.45, 7) is 0.163. The molecule has 0 atom stereocenters. The van der Waals surface area contributed by atoms with E-state index in [1.54, 1.807) is 10.9 Å². The molecule has 1 aliphatic rings. The van der Waals surface area contributed by atoms with E-state index in [1.807, 2.05) is 30.3 Å². The van der Waals surface area contributed by atoms with Crippen molar-refractivity contribution in [1.82, 2.24) is 15.0 Å². The van der Waals surface area contributed by atoms with Crippen molar-refractivity contribution in [3.63, 3.8) is 0 Å². The van der Waals surface area contributed by atoms with Gasteiger partial charge < -0.3 is 5.73 Å². The van der Waals surface area contributed by atoms with Crippen LogP contribution >= 0.6 is 0 Å². The Labute approximate surface area is 109 Å². The van der Waals surface area contributed by atoms with Gasteiger partial charge in [-0.2, -0.15) is 0 Å². The van der Waals surface area contributed by atoms with Crippen LogP contribution in [0.25, 0.3) is 5.69 Å². The molecular weight excluding hydrogens is 250 g/mol. The Morgan fingerprint density at radius 1 is 1.21 bits per heavy atom. The second kappa shape index (κ2) is 4.09. The van der Waals surface area contributed by atoms with Gasteiger partial charge in [0.25, 0.3) is 0 Å². The molecule has 1 aliphatic carbocycles. The lowest BCUT2D eigenvalue weighted by Gasteiger charge is -2.45. The van der Waals surface area contributed by atoms with Gasteiger partial charge in [0.05, 0.1) is 17.6 Å². The lowest BCUT2D eigenvalue weighted by Crippen LogP contribution is -2.54. The van der Waals surface area contributed by atoms with E-state index in [0.29, 0.717) is 5.69 Å². The highest BCUT2D eigenvalue weighted by Gasteiger charge is 2.58. The van der Waals surface area contributed by atoms with Gasteiger partial charge in [-0.1, -0.05) is 23.4 Å². The summed E-state index contributed by atoms with van der Waals surface area (Å²) < 4.78 is 27.8. The minimum Gasteiger partial charge on any atom is -0.330 e. The Kier molecular flexibility index (Phi) is 2.63. The number of hydrogen-bond acceptors (Lipinski definition) is 3. The molecule has 1 saturated carbocycles. The fourth-order valence-electron chi connectivity index (χ4n) is 2.58. The van der Waals surface area contributed by atoms with Crippen molar-refractivity contribution in [3.05, 3.63) is 42.2 Å². The maximum Gasteiger partial charge on any atom is 0.250 e. The summed E-state index contributed by atoms with van der Waals surface area (Å²) >= 11 is 0.